The van der Waals surface area contributed by atoms with Gasteiger partial charge >= 0.3 is 0 Å². The zero-order valence-corrected chi connectivity index (χ0v) is 13.2. The molecule has 22 heavy (non-hydrogen) atoms. The number of hydrogen-bond donors (Lipinski definition) is 2. The van der Waals surface area contributed by atoms with E-state index in [1.165, 1.54) is 0 Å². The summed E-state index contributed by atoms with van der Waals surface area (Å²) in [5, 5.41) is 16.5. The first-order valence-electron chi connectivity index (χ1n) is 7.30. The number of nitrogens with one attached hydrogen (secondary N) is 1. The third-order valence-electron chi connectivity index (χ3n) is 3.33. The van der Waals surface area contributed by atoms with E-state index in [9.17, 15) is 9.90 Å². The summed E-state index contributed by atoms with van der Waals surface area (Å²) in [6, 6.07) is 5.23. The average Bonchev–Trinajstić information content (AvgIpc) is 2.97. The van der Waals surface area contributed by atoms with Crippen molar-refractivity contribution < 1.29 is 9.90 Å². The SMILES string of the molecule is CC(O)CC(C)(C)CNC(=O)c1cccnc1-n1cccn1. The zero-order chi connectivity index (χ0) is 16.2. The Morgan fingerprint density at radius 1 is 1.41 bits per heavy atom. The second-order valence-corrected chi connectivity index (χ2v) is 6.23. The van der Waals surface area contributed by atoms with Crippen LogP contribution in [0.3, 0.4) is 0 Å². The highest BCUT2D eigenvalue weighted by atomic mass is 16.3. The Morgan fingerprint density at radius 2 is 2.18 bits per heavy atom. The van der Waals surface area contributed by atoms with Gasteiger partial charge < -0.3 is 10.4 Å². The third-order valence-corrected chi connectivity index (χ3v) is 3.33. The summed E-state index contributed by atoms with van der Waals surface area (Å²) in [5.41, 5.74) is 0.289. The van der Waals surface area contributed by atoms with Crippen molar-refractivity contribution in [3.63, 3.8) is 0 Å². The highest BCUT2D eigenvalue weighted by Gasteiger charge is 2.22. The van der Waals surface area contributed by atoms with Crippen molar-refractivity contribution in [3.05, 3.63) is 42.4 Å². The van der Waals surface area contributed by atoms with Gasteiger partial charge in [-0.2, -0.15) is 5.10 Å². The molecule has 0 aliphatic rings. The van der Waals surface area contributed by atoms with E-state index in [0.29, 0.717) is 24.3 Å². The Labute approximate surface area is 130 Å². The molecule has 0 aromatic carbocycles. The van der Waals surface area contributed by atoms with Gasteiger partial charge in [0.05, 0.1) is 11.7 Å². The molecule has 1 amide bonds. The van der Waals surface area contributed by atoms with Crippen molar-refractivity contribution in [3.8, 4) is 5.82 Å². The molecule has 2 rings (SSSR count). The monoisotopic (exact) mass is 302 g/mol. The van der Waals surface area contributed by atoms with Crippen LogP contribution in [0.15, 0.2) is 36.8 Å². The molecule has 0 aliphatic heterocycles. The van der Waals surface area contributed by atoms with E-state index in [4.69, 9.17) is 0 Å². The maximum Gasteiger partial charge on any atom is 0.255 e. The first-order valence-corrected chi connectivity index (χ1v) is 7.30. The summed E-state index contributed by atoms with van der Waals surface area (Å²) in [6.07, 6.45) is 5.24. The minimum absolute atomic E-state index is 0.183. The van der Waals surface area contributed by atoms with Crippen LogP contribution in [0.4, 0.5) is 0 Å². The van der Waals surface area contributed by atoms with Crippen LogP contribution in [0.2, 0.25) is 0 Å². The van der Waals surface area contributed by atoms with Crippen molar-refractivity contribution in [1.82, 2.24) is 20.1 Å². The van der Waals surface area contributed by atoms with Crippen molar-refractivity contribution in [2.24, 2.45) is 5.41 Å². The van der Waals surface area contributed by atoms with Crippen molar-refractivity contribution in [2.75, 3.05) is 6.54 Å². The minimum atomic E-state index is -0.398. The predicted molar refractivity (Wildman–Crippen MR) is 83.8 cm³/mol. The molecule has 1 unspecified atom stereocenters. The van der Waals surface area contributed by atoms with Crippen LogP contribution in [0.1, 0.15) is 37.6 Å². The van der Waals surface area contributed by atoms with Crippen molar-refractivity contribution >= 4 is 5.91 Å². The molecule has 2 aromatic heterocycles. The van der Waals surface area contributed by atoms with Crippen LogP contribution in [0.25, 0.3) is 5.82 Å². The van der Waals surface area contributed by atoms with Gasteiger partial charge in [-0.3, -0.25) is 4.79 Å². The molecule has 0 fully saturated rings. The molecular formula is C16H22N4O2. The van der Waals surface area contributed by atoms with E-state index in [-0.39, 0.29) is 11.3 Å². The number of carbonyl (C=O) groups excluding carboxylic acids is 1. The van der Waals surface area contributed by atoms with E-state index in [1.54, 1.807) is 48.4 Å². The normalized spacial score (nSPS) is 12.9. The van der Waals surface area contributed by atoms with E-state index in [1.807, 2.05) is 13.8 Å². The van der Waals surface area contributed by atoms with Crippen LogP contribution in [-0.2, 0) is 0 Å². The quantitative estimate of drug-likeness (QED) is 0.852. The first kappa shape index (κ1) is 16.2. The average molecular weight is 302 g/mol. The molecule has 2 N–H and O–H groups in total. The second kappa shape index (κ2) is 6.70. The van der Waals surface area contributed by atoms with Crippen molar-refractivity contribution in [1.29, 1.82) is 0 Å². The molecule has 2 aromatic rings. The van der Waals surface area contributed by atoms with Crippen LogP contribution in [-0.4, -0.2) is 38.4 Å². The first-order chi connectivity index (χ1) is 10.4. The highest BCUT2D eigenvalue weighted by Crippen LogP contribution is 2.21. The molecule has 0 saturated carbocycles. The fourth-order valence-corrected chi connectivity index (χ4v) is 2.44. The number of rotatable bonds is 6. The molecule has 0 saturated heterocycles. The van der Waals surface area contributed by atoms with Gasteiger partial charge in [-0.1, -0.05) is 13.8 Å². The number of hydrogen-bond acceptors (Lipinski definition) is 4. The Morgan fingerprint density at radius 3 is 2.82 bits per heavy atom. The molecule has 0 aliphatic carbocycles. The Hall–Kier alpha value is -2.21. The van der Waals surface area contributed by atoms with E-state index >= 15 is 0 Å². The topological polar surface area (TPSA) is 80.0 Å². The summed E-state index contributed by atoms with van der Waals surface area (Å²) >= 11 is 0. The number of amides is 1. The Balaban J connectivity index is 2.11. The van der Waals surface area contributed by atoms with Crippen LogP contribution in [0, 0.1) is 5.41 Å². The Bertz CT molecular complexity index is 621. The fraction of sp³-hybridized carbons (Fsp3) is 0.438. The molecule has 2 heterocycles. The molecule has 0 spiro atoms. The largest absolute Gasteiger partial charge is 0.393 e. The standard InChI is InChI=1S/C16H22N4O2/c1-12(21)10-16(2,3)11-18-15(22)13-6-4-7-17-14(13)20-9-5-8-19-20/h4-9,12,21H,10-11H2,1-3H3,(H,18,22). The summed E-state index contributed by atoms with van der Waals surface area (Å²) in [7, 11) is 0. The maximum atomic E-state index is 12.4. The van der Waals surface area contributed by atoms with Crippen molar-refractivity contribution in [2.45, 2.75) is 33.3 Å². The smallest absolute Gasteiger partial charge is 0.255 e. The molecule has 0 radical (unpaired) electrons. The molecule has 118 valence electrons. The molecule has 1 atom stereocenters. The van der Waals surface area contributed by atoms with E-state index in [2.05, 4.69) is 15.4 Å². The predicted octanol–water partition coefficient (Wildman–Crippen LogP) is 1.79. The lowest BCUT2D eigenvalue weighted by molar-refractivity contribution is 0.0901. The van der Waals surface area contributed by atoms with Crippen LogP contribution in [0.5, 0.6) is 0 Å². The summed E-state index contributed by atoms with van der Waals surface area (Å²) in [4.78, 5) is 16.7. The van der Waals surface area contributed by atoms with Gasteiger partial charge in [0.1, 0.15) is 0 Å². The number of nitrogens with zero attached hydrogens (tertiary/aromatic N) is 3. The lowest BCUT2D eigenvalue weighted by Crippen LogP contribution is -2.36. The highest BCUT2D eigenvalue weighted by molar-refractivity contribution is 5.97. The number of aliphatic hydroxyl groups excluding tert-OH is 1. The van der Waals surface area contributed by atoms with Crippen LogP contribution >= 0.6 is 0 Å². The fourth-order valence-electron chi connectivity index (χ4n) is 2.44. The van der Waals surface area contributed by atoms with Gasteiger partial charge in [0.15, 0.2) is 5.82 Å². The van der Waals surface area contributed by atoms with Gasteiger partial charge in [-0.05, 0) is 37.0 Å². The summed E-state index contributed by atoms with van der Waals surface area (Å²) in [5.74, 6) is 0.301. The lowest BCUT2D eigenvalue weighted by atomic mass is 9.87. The molecule has 6 heteroatoms. The third kappa shape index (κ3) is 4.14. The van der Waals surface area contributed by atoms with Gasteiger partial charge in [0.25, 0.3) is 5.91 Å². The Kier molecular flexibility index (Phi) is 4.92. The lowest BCUT2D eigenvalue weighted by Gasteiger charge is -2.26. The number of pyridine rings is 1. The van der Waals surface area contributed by atoms with E-state index < -0.39 is 6.10 Å². The molecule has 0 bridgehead atoms. The number of carbonyl (C=O) groups is 1. The van der Waals surface area contributed by atoms with Crippen LogP contribution < -0.4 is 5.32 Å². The van der Waals surface area contributed by atoms with Gasteiger partial charge in [-0.25, -0.2) is 9.67 Å². The van der Waals surface area contributed by atoms with Gasteiger partial charge in [-0.15, -0.1) is 0 Å². The van der Waals surface area contributed by atoms with E-state index in [0.717, 1.165) is 0 Å². The number of aliphatic hydroxyl groups is 1. The van der Waals surface area contributed by atoms with Gasteiger partial charge in [0.2, 0.25) is 0 Å². The number of aromatic nitrogens is 3. The minimum Gasteiger partial charge on any atom is -0.393 e. The van der Waals surface area contributed by atoms with Gasteiger partial charge in [0, 0.05) is 25.1 Å². The zero-order valence-electron chi connectivity index (χ0n) is 13.2. The maximum absolute atomic E-state index is 12.4. The molecular weight excluding hydrogens is 280 g/mol. The molecule has 6 nitrogen and oxygen atoms in total. The summed E-state index contributed by atoms with van der Waals surface area (Å²) in [6.45, 7) is 6.25. The summed E-state index contributed by atoms with van der Waals surface area (Å²) < 4.78 is 1.57. The second-order valence-electron chi connectivity index (χ2n) is 6.23.